The van der Waals surface area contributed by atoms with Gasteiger partial charge in [0.1, 0.15) is 11.1 Å². The van der Waals surface area contributed by atoms with Crippen LogP contribution in [-0.4, -0.2) is 29.9 Å². The van der Waals surface area contributed by atoms with Gasteiger partial charge in [0.15, 0.2) is 9.84 Å². The second-order valence-electron chi connectivity index (χ2n) is 6.00. The molecule has 0 saturated carbocycles. The van der Waals surface area contributed by atoms with E-state index in [0.717, 1.165) is 0 Å². The van der Waals surface area contributed by atoms with E-state index < -0.39 is 26.8 Å². The minimum Gasteiger partial charge on any atom is -0.324 e. The van der Waals surface area contributed by atoms with E-state index in [1.54, 1.807) is 12.1 Å². The molecule has 132 valence electrons. The van der Waals surface area contributed by atoms with Crippen molar-refractivity contribution in [3.05, 3.63) is 64.3 Å². The van der Waals surface area contributed by atoms with Crippen LogP contribution >= 0.6 is 0 Å². The molecule has 1 unspecified atom stereocenters. The van der Waals surface area contributed by atoms with Crippen molar-refractivity contribution in [2.45, 2.75) is 24.6 Å². The Labute approximate surface area is 144 Å². The van der Waals surface area contributed by atoms with Crippen molar-refractivity contribution in [3.63, 3.8) is 0 Å². The Bertz CT molecular complexity index is 969. The van der Waals surface area contributed by atoms with Crippen molar-refractivity contribution >= 4 is 21.4 Å². The third kappa shape index (κ3) is 3.96. The average molecular weight is 364 g/mol. The number of nitrogens with one attached hydrogen (secondary N) is 1. The van der Waals surface area contributed by atoms with Crippen LogP contribution in [0, 0.1) is 5.82 Å². The van der Waals surface area contributed by atoms with Gasteiger partial charge in [-0.2, -0.15) is 0 Å². The van der Waals surface area contributed by atoms with Gasteiger partial charge >= 0.3 is 0 Å². The fourth-order valence-electron chi connectivity index (χ4n) is 2.87. The molecule has 1 aromatic heterocycles. The number of nitrogens with zero attached hydrogens (tertiary/aromatic N) is 1. The third-order valence-corrected chi connectivity index (χ3v) is 6.29. The summed E-state index contributed by atoms with van der Waals surface area (Å²) in [5, 5.41) is 1.51. The number of amides is 1. The largest absolute Gasteiger partial charge is 0.324 e. The lowest BCUT2D eigenvalue weighted by Crippen LogP contribution is -2.32. The summed E-state index contributed by atoms with van der Waals surface area (Å²) in [5.74, 6) is -0.973. The fourth-order valence-corrected chi connectivity index (χ4v) is 4.63. The van der Waals surface area contributed by atoms with E-state index in [0.29, 0.717) is 24.1 Å². The van der Waals surface area contributed by atoms with Gasteiger partial charge in [-0.3, -0.25) is 9.59 Å². The summed E-state index contributed by atoms with van der Waals surface area (Å²) < 4.78 is 38.3. The van der Waals surface area contributed by atoms with Gasteiger partial charge in [-0.15, -0.1) is 0 Å². The molecule has 1 amide bonds. The monoisotopic (exact) mass is 364 g/mol. The van der Waals surface area contributed by atoms with Gasteiger partial charge in [-0.1, -0.05) is 12.1 Å². The number of anilines is 1. The molecule has 0 bridgehead atoms. The number of benzene rings is 1. The van der Waals surface area contributed by atoms with Crippen LogP contribution in [0.3, 0.4) is 0 Å². The van der Waals surface area contributed by atoms with Crippen LogP contribution in [0.4, 0.5) is 10.1 Å². The van der Waals surface area contributed by atoms with Crippen LogP contribution < -0.4 is 10.9 Å². The zero-order valence-corrected chi connectivity index (χ0v) is 14.1. The molecule has 0 spiro atoms. The molecular weight excluding hydrogens is 347 g/mol. The summed E-state index contributed by atoms with van der Waals surface area (Å²) in [6, 6.07) is 8.56. The van der Waals surface area contributed by atoms with E-state index in [1.165, 1.54) is 35.0 Å². The first-order valence-corrected chi connectivity index (χ1v) is 9.54. The molecule has 25 heavy (non-hydrogen) atoms. The molecular formula is C17H17FN2O4S. The number of hydrogen-bond acceptors (Lipinski definition) is 4. The number of hydrogen-bond donors (Lipinski definition) is 1. The minimum absolute atomic E-state index is 0.0180. The summed E-state index contributed by atoms with van der Waals surface area (Å²) >= 11 is 0. The Hall–Kier alpha value is -2.48. The van der Waals surface area contributed by atoms with Crippen LogP contribution in [0.2, 0.25) is 0 Å². The van der Waals surface area contributed by atoms with Gasteiger partial charge in [0.2, 0.25) is 5.91 Å². The summed E-state index contributed by atoms with van der Waals surface area (Å²) in [6.45, 7) is 0.141. The van der Waals surface area contributed by atoms with Crippen molar-refractivity contribution in [1.29, 1.82) is 0 Å². The Morgan fingerprint density at radius 2 is 2.08 bits per heavy atom. The maximum absolute atomic E-state index is 13.3. The number of carbonyl (C=O) groups excluding carboxylic acids is 1. The lowest BCUT2D eigenvalue weighted by molar-refractivity contribution is -0.115. The minimum atomic E-state index is -3.40. The smallest absolute Gasteiger partial charge is 0.250 e. The highest BCUT2D eigenvalue weighted by Crippen LogP contribution is 2.21. The van der Waals surface area contributed by atoms with E-state index in [9.17, 15) is 22.4 Å². The Balaban J connectivity index is 1.80. The predicted octanol–water partition coefficient (Wildman–Crippen LogP) is 1.55. The molecule has 1 aromatic carbocycles. The van der Waals surface area contributed by atoms with E-state index in [1.807, 2.05) is 0 Å². The Kier molecular flexibility index (Phi) is 4.71. The number of halogens is 1. The van der Waals surface area contributed by atoms with E-state index in [-0.39, 0.29) is 17.9 Å². The summed E-state index contributed by atoms with van der Waals surface area (Å²) in [6.07, 6.45) is 2.20. The summed E-state index contributed by atoms with van der Waals surface area (Å²) in [4.78, 5) is 24.2. The first kappa shape index (κ1) is 17.3. The molecule has 1 fully saturated rings. The number of carbonyl (C=O) groups is 1. The quantitative estimate of drug-likeness (QED) is 0.892. The topological polar surface area (TPSA) is 85.2 Å². The molecule has 1 aliphatic rings. The molecule has 1 N–H and O–H groups in total. The fraction of sp³-hybridized carbons (Fsp3) is 0.294. The van der Waals surface area contributed by atoms with Crippen molar-refractivity contribution < 1.29 is 17.6 Å². The van der Waals surface area contributed by atoms with Crippen LogP contribution in [0.1, 0.15) is 18.4 Å². The van der Waals surface area contributed by atoms with Crippen molar-refractivity contribution in [2.24, 2.45) is 0 Å². The molecule has 2 heterocycles. The first-order chi connectivity index (χ1) is 11.8. The van der Waals surface area contributed by atoms with Gasteiger partial charge in [-0.05, 0) is 36.6 Å². The highest BCUT2D eigenvalue weighted by atomic mass is 32.2. The molecule has 8 heteroatoms. The average Bonchev–Trinajstić information content (AvgIpc) is 2.90. The number of sulfone groups is 1. The normalized spacial score (nSPS) is 18.8. The number of rotatable bonds is 4. The lowest BCUT2D eigenvalue weighted by atomic mass is 10.2. The summed E-state index contributed by atoms with van der Waals surface area (Å²) in [5.41, 5.74) is 0.614. The number of aromatic nitrogens is 1. The SMILES string of the molecule is O=C(Nc1ccc(=O)n(Cc2cccc(F)c2)c1)C1CCCS1(=O)=O. The van der Waals surface area contributed by atoms with Gasteiger partial charge in [-0.25, -0.2) is 12.8 Å². The highest BCUT2D eigenvalue weighted by Gasteiger charge is 2.37. The second-order valence-corrected chi connectivity index (χ2v) is 8.30. The Morgan fingerprint density at radius 3 is 2.76 bits per heavy atom. The van der Waals surface area contributed by atoms with Gasteiger partial charge in [0, 0.05) is 12.3 Å². The highest BCUT2D eigenvalue weighted by molar-refractivity contribution is 7.93. The zero-order chi connectivity index (χ0) is 18.0. The van der Waals surface area contributed by atoms with Crippen LogP contribution in [-0.2, 0) is 21.2 Å². The molecule has 0 radical (unpaired) electrons. The third-order valence-electron chi connectivity index (χ3n) is 4.11. The van der Waals surface area contributed by atoms with Crippen LogP contribution in [0.5, 0.6) is 0 Å². The maximum atomic E-state index is 13.3. The molecule has 6 nitrogen and oxygen atoms in total. The molecule has 1 aliphatic heterocycles. The van der Waals surface area contributed by atoms with Crippen LogP contribution in [0.25, 0.3) is 0 Å². The van der Waals surface area contributed by atoms with Crippen molar-refractivity contribution in [3.8, 4) is 0 Å². The summed E-state index contributed by atoms with van der Waals surface area (Å²) in [7, 11) is -3.40. The lowest BCUT2D eigenvalue weighted by Gasteiger charge is -2.12. The van der Waals surface area contributed by atoms with E-state index >= 15 is 0 Å². The van der Waals surface area contributed by atoms with Gasteiger partial charge in [0.05, 0.1) is 18.0 Å². The van der Waals surface area contributed by atoms with Crippen molar-refractivity contribution in [2.75, 3.05) is 11.1 Å². The zero-order valence-electron chi connectivity index (χ0n) is 13.3. The molecule has 3 rings (SSSR count). The molecule has 2 aromatic rings. The van der Waals surface area contributed by atoms with Crippen LogP contribution in [0.15, 0.2) is 47.4 Å². The molecule has 1 atom stereocenters. The molecule has 0 aliphatic carbocycles. The van der Waals surface area contributed by atoms with E-state index in [2.05, 4.69) is 5.32 Å². The Morgan fingerprint density at radius 1 is 1.28 bits per heavy atom. The number of pyridine rings is 1. The predicted molar refractivity (Wildman–Crippen MR) is 91.6 cm³/mol. The maximum Gasteiger partial charge on any atom is 0.250 e. The van der Waals surface area contributed by atoms with E-state index in [4.69, 9.17) is 0 Å². The first-order valence-electron chi connectivity index (χ1n) is 7.82. The second kappa shape index (κ2) is 6.79. The van der Waals surface area contributed by atoms with Gasteiger partial charge < -0.3 is 9.88 Å². The van der Waals surface area contributed by atoms with Crippen molar-refractivity contribution in [1.82, 2.24) is 4.57 Å². The molecule has 1 saturated heterocycles. The standard InChI is InChI=1S/C17H17FN2O4S/c18-13-4-1-3-12(9-13)10-20-11-14(6-7-16(20)21)19-17(22)15-5-2-8-25(15,23)24/h1,3-4,6-7,9,11,15H,2,5,8,10H2,(H,19,22). The van der Waals surface area contributed by atoms with Gasteiger partial charge in [0.25, 0.3) is 5.56 Å².